The fourth-order valence-corrected chi connectivity index (χ4v) is 1.42. The Morgan fingerprint density at radius 1 is 1.67 bits per heavy atom. The number of ether oxygens (including phenoxy) is 1. The van der Waals surface area contributed by atoms with E-state index in [1.54, 1.807) is 12.1 Å². The number of hydrogen-bond acceptors (Lipinski definition) is 5. The fraction of sp³-hybridized carbons (Fsp3) is 0.417. The number of nitrogens with zero attached hydrogens (tertiary/aromatic N) is 2. The lowest BCUT2D eigenvalue weighted by molar-refractivity contribution is -0.139. The summed E-state index contributed by atoms with van der Waals surface area (Å²) >= 11 is 0. The minimum Gasteiger partial charge on any atom is -0.481 e. The number of carbonyl (C=O) groups is 1. The number of hydrogen-bond donors (Lipinski definition) is 2. The van der Waals surface area contributed by atoms with Gasteiger partial charge in [-0.1, -0.05) is 0 Å². The third-order valence-electron chi connectivity index (χ3n) is 2.22. The third kappa shape index (κ3) is 4.80. The van der Waals surface area contributed by atoms with Crippen LogP contribution in [0.4, 0.5) is 5.69 Å². The molecule has 0 saturated carbocycles. The molecule has 1 atom stereocenters. The van der Waals surface area contributed by atoms with E-state index in [1.807, 2.05) is 13.0 Å². The number of rotatable bonds is 7. The molecule has 0 aliphatic heterocycles. The van der Waals surface area contributed by atoms with Crippen LogP contribution in [0.5, 0.6) is 0 Å². The molecule has 1 aromatic rings. The highest BCUT2D eigenvalue weighted by molar-refractivity contribution is 5.67. The molecule has 1 unspecified atom stereocenters. The first-order valence-electron chi connectivity index (χ1n) is 5.59. The highest BCUT2D eigenvalue weighted by Gasteiger charge is 2.12. The lowest BCUT2D eigenvalue weighted by atomic mass is 10.2. The molecule has 6 nitrogen and oxygen atoms in total. The molecule has 0 saturated heterocycles. The zero-order valence-corrected chi connectivity index (χ0v) is 10.1. The average molecular weight is 249 g/mol. The second kappa shape index (κ2) is 7.25. The van der Waals surface area contributed by atoms with Gasteiger partial charge < -0.3 is 15.2 Å². The van der Waals surface area contributed by atoms with Gasteiger partial charge in [0, 0.05) is 13.2 Å². The van der Waals surface area contributed by atoms with Crippen LogP contribution in [0.1, 0.15) is 19.0 Å². The highest BCUT2D eigenvalue weighted by Crippen LogP contribution is 2.07. The molecule has 1 rings (SSSR count). The molecule has 2 N–H and O–H groups in total. The Balaban J connectivity index is 2.50. The van der Waals surface area contributed by atoms with Gasteiger partial charge >= 0.3 is 5.97 Å². The molecular formula is C12H15N3O3. The van der Waals surface area contributed by atoms with Gasteiger partial charge in [0.25, 0.3) is 0 Å². The van der Waals surface area contributed by atoms with Gasteiger partial charge in [0.1, 0.15) is 11.8 Å². The number of carboxylic acid groups (broad SMARTS) is 1. The van der Waals surface area contributed by atoms with E-state index >= 15 is 0 Å². The maximum Gasteiger partial charge on any atom is 0.306 e. The average Bonchev–Trinajstić information content (AvgIpc) is 2.36. The Hall–Kier alpha value is -2.13. The van der Waals surface area contributed by atoms with Gasteiger partial charge in [-0.2, -0.15) is 5.26 Å². The Bertz CT molecular complexity index is 425. The van der Waals surface area contributed by atoms with Crippen LogP contribution in [0.15, 0.2) is 18.3 Å². The zero-order chi connectivity index (χ0) is 13.4. The van der Waals surface area contributed by atoms with E-state index in [0.717, 1.165) is 5.69 Å². The summed E-state index contributed by atoms with van der Waals surface area (Å²) in [5.41, 5.74) is 1.07. The van der Waals surface area contributed by atoms with Crippen molar-refractivity contribution in [2.75, 3.05) is 18.5 Å². The van der Waals surface area contributed by atoms with E-state index < -0.39 is 5.97 Å². The van der Waals surface area contributed by atoms with Crippen molar-refractivity contribution in [2.45, 2.75) is 19.4 Å². The van der Waals surface area contributed by atoms with Gasteiger partial charge in [-0.05, 0) is 19.1 Å². The first-order valence-corrected chi connectivity index (χ1v) is 5.59. The van der Waals surface area contributed by atoms with Gasteiger partial charge in [0.15, 0.2) is 0 Å². The van der Waals surface area contributed by atoms with Crippen LogP contribution >= 0.6 is 0 Å². The molecule has 96 valence electrons. The number of carboxylic acids is 1. The van der Waals surface area contributed by atoms with Crippen LogP contribution in [0.25, 0.3) is 0 Å². The zero-order valence-electron chi connectivity index (χ0n) is 10.1. The second-order valence-corrected chi connectivity index (χ2v) is 3.60. The standard InChI is InChI=1S/C12H15N3O3/c1-2-18-11(5-12(16)17)8-15-10-4-3-9(6-13)14-7-10/h3-4,7,11,15H,2,5,8H2,1H3,(H,16,17). The molecule has 0 fully saturated rings. The van der Waals surface area contributed by atoms with Crippen molar-refractivity contribution < 1.29 is 14.6 Å². The summed E-state index contributed by atoms with van der Waals surface area (Å²) in [6.07, 6.45) is 1.09. The number of nitrogens with one attached hydrogen (secondary N) is 1. The summed E-state index contributed by atoms with van der Waals surface area (Å²) in [7, 11) is 0. The Morgan fingerprint density at radius 2 is 2.44 bits per heavy atom. The molecule has 1 aromatic heterocycles. The molecule has 0 aliphatic rings. The molecule has 18 heavy (non-hydrogen) atoms. The number of pyridine rings is 1. The summed E-state index contributed by atoms with van der Waals surface area (Å²) in [5.74, 6) is -0.895. The lowest BCUT2D eigenvalue weighted by Crippen LogP contribution is -2.26. The van der Waals surface area contributed by atoms with Crippen LogP contribution < -0.4 is 5.32 Å². The molecule has 1 heterocycles. The van der Waals surface area contributed by atoms with E-state index in [2.05, 4.69) is 10.3 Å². The number of aliphatic carboxylic acids is 1. The van der Waals surface area contributed by atoms with Crippen molar-refractivity contribution in [3.8, 4) is 6.07 Å². The number of aromatic nitrogens is 1. The summed E-state index contributed by atoms with van der Waals surface area (Å²) < 4.78 is 5.30. The van der Waals surface area contributed by atoms with Crippen molar-refractivity contribution in [3.05, 3.63) is 24.0 Å². The van der Waals surface area contributed by atoms with E-state index in [4.69, 9.17) is 15.1 Å². The van der Waals surface area contributed by atoms with Gasteiger partial charge in [0.2, 0.25) is 0 Å². The van der Waals surface area contributed by atoms with E-state index in [9.17, 15) is 4.79 Å². The Morgan fingerprint density at radius 3 is 2.94 bits per heavy atom. The van der Waals surface area contributed by atoms with Crippen molar-refractivity contribution in [2.24, 2.45) is 0 Å². The lowest BCUT2D eigenvalue weighted by Gasteiger charge is -2.16. The SMILES string of the molecule is CCOC(CNc1ccc(C#N)nc1)CC(=O)O. The van der Waals surface area contributed by atoms with Crippen LogP contribution in [0.2, 0.25) is 0 Å². The third-order valence-corrected chi connectivity index (χ3v) is 2.22. The molecule has 0 bridgehead atoms. The predicted octanol–water partition coefficient (Wildman–Crippen LogP) is 1.24. The monoisotopic (exact) mass is 249 g/mol. The highest BCUT2D eigenvalue weighted by atomic mass is 16.5. The molecule has 0 aliphatic carbocycles. The van der Waals surface area contributed by atoms with Gasteiger partial charge in [-0.25, -0.2) is 4.98 Å². The molecular weight excluding hydrogens is 234 g/mol. The van der Waals surface area contributed by atoms with Gasteiger partial charge in [0.05, 0.1) is 24.4 Å². The fourth-order valence-electron chi connectivity index (χ4n) is 1.42. The van der Waals surface area contributed by atoms with Crippen molar-refractivity contribution in [1.82, 2.24) is 4.98 Å². The molecule has 0 spiro atoms. The Labute approximate surface area is 105 Å². The quantitative estimate of drug-likeness (QED) is 0.755. The van der Waals surface area contributed by atoms with E-state index in [0.29, 0.717) is 18.8 Å². The summed E-state index contributed by atoms with van der Waals surface area (Å²) in [4.78, 5) is 14.5. The first-order chi connectivity index (χ1) is 8.65. The molecule has 0 radical (unpaired) electrons. The van der Waals surface area contributed by atoms with Crippen molar-refractivity contribution in [1.29, 1.82) is 5.26 Å². The maximum atomic E-state index is 10.6. The largest absolute Gasteiger partial charge is 0.481 e. The predicted molar refractivity (Wildman–Crippen MR) is 65.1 cm³/mol. The topological polar surface area (TPSA) is 95.2 Å². The number of anilines is 1. The van der Waals surface area contributed by atoms with Crippen LogP contribution in [-0.2, 0) is 9.53 Å². The molecule has 6 heteroatoms. The second-order valence-electron chi connectivity index (χ2n) is 3.60. The Kier molecular flexibility index (Phi) is 5.61. The molecule has 0 amide bonds. The van der Waals surface area contributed by atoms with Gasteiger partial charge in [-0.15, -0.1) is 0 Å². The van der Waals surface area contributed by atoms with Gasteiger partial charge in [-0.3, -0.25) is 4.79 Å². The summed E-state index contributed by atoms with van der Waals surface area (Å²) in [6, 6.07) is 5.23. The normalized spacial score (nSPS) is 11.6. The smallest absolute Gasteiger partial charge is 0.306 e. The first kappa shape index (κ1) is 13.9. The van der Waals surface area contributed by atoms with E-state index in [1.165, 1.54) is 6.20 Å². The minimum absolute atomic E-state index is 0.0510. The number of nitriles is 1. The van der Waals surface area contributed by atoms with Crippen molar-refractivity contribution in [3.63, 3.8) is 0 Å². The molecule has 0 aromatic carbocycles. The van der Waals surface area contributed by atoms with Crippen LogP contribution in [0, 0.1) is 11.3 Å². The van der Waals surface area contributed by atoms with Crippen LogP contribution in [0.3, 0.4) is 0 Å². The van der Waals surface area contributed by atoms with E-state index in [-0.39, 0.29) is 12.5 Å². The minimum atomic E-state index is -0.895. The summed E-state index contributed by atoms with van der Waals surface area (Å²) in [5, 5.41) is 20.3. The maximum absolute atomic E-state index is 10.6. The van der Waals surface area contributed by atoms with Crippen molar-refractivity contribution >= 4 is 11.7 Å². The van der Waals surface area contributed by atoms with Crippen LogP contribution in [-0.4, -0.2) is 35.3 Å². The summed E-state index contributed by atoms with van der Waals surface area (Å²) in [6.45, 7) is 2.66.